The fourth-order valence-corrected chi connectivity index (χ4v) is 2.26. The van der Waals surface area contributed by atoms with Gasteiger partial charge in [-0.3, -0.25) is 4.99 Å². The van der Waals surface area contributed by atoms with E-state index in [1.54, 1.807) is 0 Å². The molecule has 10 heteroatoms. The number of nitrogens with one attached hydrogen (secondary N) is 1. The molecule has 2 rings (SSSR count). The van der Waals surface area contributed by atoms with Crippen LogP contribution in [0.5, 0.6) is 0 Å². The third-order valence-electron chi connectivity index (χ3n) is 3.66. The van der Waals surface area contributed by atoms with Gasteiger partial charge in [-0.2, -0.15) is 13.2 Å². The topological polar surface area (TPSA) is 50.4 Å². The van der Waals surface area contributed by atoms with Gasteiger partial charge in [0.1, 0.15) is 29.0 Å². The molecule has 28 heavy (non-hydrogen) atoms. The number of benzene rings is 2. The lowest BCUT2D eigenvalue weighted by atomic mass is 10.1. The second kappa shape index (κ2) is 8.32. The molecule has 0 spiro atoms. The third kappa shape index (κ3) is 5.02. The van der Waals surface area contributed by atoms with Crippen LogP contribution in [0.15, 0.2) is 47.1 Å². The molecule has 2 aromatic rings. The standard InChI is InChI=1S/C18H14F7N3/c1-27-15(7-16(26)18(23,24)25)17-13(21)5-11(6-14(17)22)28-8-9-2-3-10(19)4-12(9)20/h2-7,28H,8,26H2,1H3/b16-7-,27-15?. The van der Waals surface area contributed by atoms with E-state index in [1.807, 2.05) is 0 Å². The van der Waals surface area contributed by atoms with E-state index in [9.17, 15) is 30.7 Å². The van der Waals surface area contributed by atoms with E-state index >= 15 is 0 Å². The van der Waals surface area contributed by atoms with Crippen LogP contribution < -0.4 is 11.1 Å². The summed E-state index contributed by atoms with van der Waals surface area (Å²) in [6, 6.07) is 4.45. The fraction of sp³-hybridized carbons (Fsp3) is 0.167. The zero-order valence-corrected chi connectivity index (χ0v) is 14.3. The average Bonchev–Trinajstić information content (AvgIpc) is 2.58. The molecule has 0 aliphatic rings. The molecule has 3 N–H and O–H groups in total. The minimum Gasteiger partial charge on any atom is -0.395 e. The van der Waals surface area contributed by atoms with Crippen molar-refractivity contribution < 1.29 is 30.7 Å². The van der Waals surface area contributed by atoms with Crippen LogP contribution in [-0.4, -0.2) is 18.9 Å². The normalized spacial score (nSPS) is 13.0. The van der Waals surface area contributed by atoms with Crippen LogP contribution in [0.2, 0.25) is 0 Å². The Labute approximate surface area is 155 Å². The van der Waals surface area contributed by atoms with E-state index in [2.05, 4.69) is 10.3 Å². The number of halogens is 7. The maximum Gasteiger partial charge on any atom is 0.430 e. The van der Waals surface area contributed by atoms with Gasteiger partial charge in [0.25, 0.3) is 0 Å². The molecule has 2 aromatic carbocycles. The molecule has 0 aliphatic carbocycles. The van der Waals surface area contributed by atoms with Crippen LogP contribution in [0.1, 0.15) is 11.1 Å². The SMILES string of the molecule is CN=C(/C=C(\N)C(F)(F)F)c1c(F)cc(NCc2ccc(F)cc2F)cc1F. The Morgan fingerprint density at radius 3 is 2.14 bits per heavy atom. The Kier molecular flexibility index (Phi) is 6.32. The van der Waals surface area contributed by atoms with Crippen molar-refractivity contribution in [2.45, 2.75) is 12.7 Å². The molecule has 0 aliphatic heterocycles. The third-order valence-corrected chi connectivity index (χ3v) is 3.66. The summed E-state index contributed by atoms with van der Waals surface area (Å²) in [5, 5.41) is 2.55. The summed E-state index contributed by atoms with van der Waals surface area (Å²) in [6.07, 6.45) is -4.56. The van der Waals surface area contributed by atoms with Crippen LogP contribution in [0.4, 0.5) is 36.4 Å². The quantitative estimate of drug-likeness (QED) is 0.561. The zero-order chi connectivity index (χ0) is 21.1. The van der Waals surface area contributed by atoms with Gasteiger partial charge in [-0.05, 0) is 24.3 Å². The second-order valence-corrected chi connectivity index (χ2v) is 5.61. The number of hydrogen-bond donors (Lipinski definition) is 2. The van der Waals surface area contributed by atoms with Crippen LogP contribution in [-0.2, 0) is 6.54 Å². The first-order valence-electron chi connectivity index (χ1n) is 7.71. The molecular formula is C18H14F7N3. The summed E-state index contributed by atoms with van der Waals surface area (Å²) < 4.78 is 92.7. The maximum atomic E-state index is 14.3. The van der Waals surface area contributed by atoms with Crippen molar-refractivity contribution in [3.05, 3.63) is 76.5 Å². The summed E-state index contributed by atoms with van der Waals surface area (Å²) in [7, 11) is 1.05. The van der Waals surface area contributed by atoms with Gasteiger partial charge in [-0.1, -0.05) is 6.07 Å². The number of nitrogens with two attached hydrogens (primary N) is 1. The summed E-state index contributed by atoms with van der Waals surface area (Å²) in [4.78, 5) is 3.45. The van der Waals surface area contributed by atoms with Crippen molar-refractivity contribution >= 4 is 11.4 Å². The molecule has 0 bridgehead atoms. The molecule has 0 aromatic heterocycles. The molecule has 0 fully saturated rings. The summed E-state index contributed by atoms with van der Waals surface area (Å²) >= 11 is 0. The predicted octanol–water partition coefficient (Wildman–Crippen LogP) is 4.68. The Bertz CT molecular complexity index is 910. The first-order chi connectivity index (χ1) is 13.0. The van der Waals surface area contributed by atoms with E-state index in [4.69, 9.17) is 5.73 Å². The van der Waals surface area contributed by atoms with Crippen LogP contribution in [0, 0.1) is 23.3 Å². The van der Waals surface area contributed by atoms with Crippen molar-refractivity contribution in [2.24, 2.45) is 10.7 Å². The average molecular weight is 405 g/mol. The van der Waals surface area contributed by atoms with Crippen molar-refractivity contribution in [1.29, 1.82) is 0 Å². The Balaban J connectivity index is 2.29. The summed E-state index contributed by atoms with van der Waals surface area (Å²) in [5.74, 6) is -4.03. The lowest BCUT2D eigenvalue weighted by Gasteiger charge is -2.12. The number of nitrogens with zero attached hydrogens (tertiary/aromatic N) is 1. The van der Waals surface area contributed by atoms with E-state index in [0.29, 0.717) is 12.1 Å². The highest BCUT2D eigenvalue weighted by Gasteiger charge is 2.32. The lowest BCUT2D eigenvalue weighted by molar-refractivity contribution is -0.0925. The highest BCUT2D eigenvalue weighted by molar-refractivity contribution is 6.09. The van der Waals surface area contributed by atoms with Gasteiger partial charge in [-0.15, -0.1) is 0 Å². The van der Waals surface area contributed by atoms with Crippen molar-refractivity contribution in [2.75, 3.05) is 12.4 Å². The maximum absolute atomic E-state index is 14.3. The number of anilines is 1. The minimum atomic E-state index is -4.89. The smallest absolute Gasteiger partial charge is 0.395 e. The minimum absolute atomic E-state index is 0.0444. The van der Waals surface area contributed by atoms with E-state index in [0.717, 1.165) is 31.3 Å². The second-order valence-electron chi connectivity index (χ2n) is 5.61. The molecule has 150 valence electrons. The van der Waals surface area contributed by atoms with Crippen molar-refractivity contribution in [3.63, 3.8) is 0 Å². The number of alkyl halides is 3. The van der Waals surface area contributed by atoms with E-state index in [1.165, 1.54) is 0 Å². The van der Waals surface area contributed by atoms with E-state index in [-0.39, 0.29) is 17.8 Å². The van der Waals surface area contributed by atoms with E-state index < -0.39 is 46.4 Å². The molecule has 3 nitrogen and oxygen atoms in total. The molecule has 0 unspecified atom stereocenters. The van der Waals surface area contributed by atoms with Crippen molar-refractivity contribution in [3.8, 4) is 0 Å². The zero-order valence-electron chi connectivity index (χ0n) is 14.3. The molecule has 0 saturated carbocycles. The number of hydrogen-bond acceptors (Lipinski definition) is 3. The molecule has 0 amide bonds. The highest BCUT2D eigenvalue weighted by Crippen LogP contribution is 2.25. The number of aliphatic imine (C=N–C) groups is 1. The van der Waals surface area contributed by atoms with Gasteiger partial charge in [0.2, 0.25) is 0 Å². The van der Waals surface area contributed by atoms with Gasteiger partial charge in [-0.25, -0.2) is 17.6 Å². The first kappa shape index (κ1) is 21.3. The molecule has 0 saturated heterocycles. The number of rotatable bonds is 5. The van der Waals surface area contributed by atoms with Crippen molar-refractivity contribution in [1.82, 2.24) is 0 Å². The van der Waals surface area contributed by atoms with Crippen LogP contribution in [0.25, 0.3) is 0 Å². The Morgan fingerprint density at radius 2 is 1.64 bits per heavy atom. The Morgan fingerprint density at radius 1 is 1.04 bits per heavy atom. The fourth-order valence-electron chi connectivity index (χ4n) is 2.26. The molecule has 0 heterocycles. The summed E-state index contributed by atoms with van der Waals surface area (Å²) in [5.41, 5.74) is 1.80. The molecular weight excluding hydrogens is 391 g/mol. The Hall–Kier alpha value is -3.04. The van der Waals surface area contributed by atoms with Crippen LogP contribution in [0.3, 0.4) is 0 Å². The van der Waals surface area contributed by atoms with Gasteiger partial charge in [0.15, 0.2) is 0 Å². The largest absolute Gasteiger partial charge is 0.430 e. The van der Waals surface area contributed by atoms with Gasteiger partial charge in [0, 0.05) is 30.9 Å². The van der Waals surface area contributed by atoms with Gasteiger partial charge < -0.3 is 11.1 Å². The predicted molar refractivity (Wildman–Crippen MR) is 90.8 cm³/mol. The van der Waals surface area contributed by atoms with Gasteiger partial charge >= 0.3 is 6.18 Å². The molecule has 0 atom stereocenters. The number of allylic oxidation sites excluding steroid dienone is 2. The van der Waals surface area contributed by atoms with Crippen LogP contribution >= 0.6 is 0 Å². The summed E-state index contributed by atoms with van der Waals surface area (Å²) in [6.45, 7) is -0.208. The lowest BCUT2D eigenvalue weighted by Crippen LogP contribution is -2.21. The first-order valence-corrected chi connectivity index (χ1v) is 7.71. The van der Waals surface area contributed by atoms with Gasteiger partial charge in [0.05, 0.1) is 11.3 Å². The monoisotopic (exact) mass is 405 g/mol. The highest BCUT2D eigenvalue weighted by atomic mass is 19.4. The molecule has 0 radical (unpaired) electrons.